The van der Waals surface area contributed by atoms with E-state index in [0.717, 1.165) is 0 Å². The lowest BCUT2D eigenvalue weighted by atomic mass is 9.86. The highest BCUT2D eigenvalue weighted by Crippen LogP contribution is 2.28. The number of carbonyl (C=O) groups excluding carboxylic acids is 2. The number of nitrogens with zero attached hydrogens (tertiary/aromatic N) is 2. The summed E-state index contributed by atoms with van der Waals surface area (Å²) in [5.74, 6) is 0.00157. The molecule has 1 rings (SSSR count). The Labute approximate surface area is 139 Å². The highest BCUT2D eigenvalue weighted by Gasteiger charge is 2.35. The lowest BCUT2D eigenvalue weighted by molar-refractivity contribution is -0.116. The summed E-state index contributed by atoms with van der Waals surface area (Å²) in [5, 5.41) is 10.6. The normalized spacial score (nSPS) is 18.1. The number of ketones is 1. The summed E-state index contributed by atoms with van der Waals surface area (Å²) in [7, 11) is 3.70. The predicted molar refractivity (Wildman–Crippen MR) is 89.1 cm³/mol. The molecule has 1 amide bonds. The Kier molecular flexibility index (Phi) is 6.62. The largest absolute Gasteiger partial charge is 0.444 e. The van der Waals surface area contributed by atoms with Gasteiger partial charge in [0.25, 0.3) is 0 Å². The van der Waals surface area contributed by atoms with Crippen molar-refractivity contribution in [1.82, 2.24) is 9.80 Å². The van der Waals surface area contributed by atoms with E-state index in [2.05, 4.69) is 0 Å². The van der Waals surface area contributed by atoms with E-state index in [1.165, 1.54) is 6.08 Å². The van der Waals surface area contributed by atoms with Crippen molar-refractivity contribution < 1.29 is 19.4 Å². The molecule has 0 bridgehead atoms. The minimum Gasteiger partial charge on any atom is -0.444 e. The molecule has 0 aromatic carbocycles. The van der Waals surface area contributed by atoms with Gasteiger partial charge in [-0.05, 0) is 46.1 Å². The second kappa shape index (κ2) is 7.81. The minimum atomic E-state index is -0.875. The number of carbonyl (C=O) groups is 2. The Morgan fingerprint density at radius 3 is 2.30 bits per heavy atom. The number of hydrogen-bond acceptors (Lipinski definition) is 5. The van der Waals surface area contributed by atoms with E-state index in [9.17, 15) is 14.7 Å². The molecule has 1 saturated heterocycles. The molecule has 23 heavy (non-hydrogen) atoms. The Morgan fingerprint density at radius 2 is 1.83 bits per heavy atom. The molecule has 0 saturated carbocycles. The van der Waals surface area contributed by atoms with Crippen molar-refractivity contribution >= 4 is 11.9 Å². The van der Waals surface area contributed by atoms with Gasteiger partial charge in [-0.2, -0.15) is 0 Å². The first-order valence-corrected chi connectivity index (χ1v) is 8.09. The van der Waals surface area contributed by atoms with Gasteiger partial charge in [-0.15, -0.1) is 0 Å². The highest BCUT2D eigenvalue weighted by molar-refractivity contribution is 5.89. The van der Waals surface area contributed by atoms with Crippen LogP contribution in [0.4, 0.5) is 4.79 Å². The maximum absolute atomic E-state index is 12.0. The third kappa shape index (κ3) is 7.50. The van der Waals surface area contributed by atoms with E-state index in [1.54, 1.807) is 16.0 Å². The quantitative estimate of drug-likeness (QED) is 0.784. The van der Waals surface area contributed by atoms with Gasteiger partial charge in [0.1, 0.15) is 5.60 Å². The van der Waals surface area contributed by atoms with Crippen LogP contribution in [0.1, 0.15) is 46.5 Å². The summed E-state index contributed by atoms with van der Waals surface area (Å²) in [5.41, 5.74) is -1.39. The molecule has 132 valence electrons. The summed E-state index contributed by atoms with van der Waals surface area (Å²) in [6, 6.07) is 0. The molecule has 0 radical (unpaired) electrons. The van der Waals surface area contributed by atoms with E-state index < -0.39 is 11.2 Å². The summed E-state index contributed by atoms with van der Waals surface area (Å²) in [6.45, 7) is 6.40. The number of aliphatic hydroxyl groups is 1. The van der Waals surface area contributed by atoms with E-state index >= 15 is 0 Å². The highest BCUT2D eigenvalue weighted by atomic mass is 16.6. The van der Waals surface area contributed by atoms with Gasteiger partial charge < -0.3 is 19.6 Å². The van der Waals surface area contributed by atoms with Crippen molar-refractivity contribution in [2.75, 3.05) is 27.2 Å². The van der Waals surface area contributed by atoms with Gasteiger partial charge in [0.05, 0.1) is 5.60 Å². The average molecular weight is 326 g/mol. The molecule has 1 heterocycles. The SMILES string of the molecule is CN(C)/C=C/C(=O)CCC1(O)CCN(C(=O)OC(C)(C)C)CC1. The summed E-state index contributed by atoms with van der Waals surface area (Å²) in [6.07, 6.45) is 4.56. The monoisotopic (exact) mass is 326 g/mol. The van der Waals surface area contributed by atoms with E-state index in [1.807, 2.05) is 34.9 Å². The Bertz CT molecular complexity index is 444. The molecule has 1 aliphatic heterocycles. The Morgan fingerprint density at radius 1 is 1.26 bits per heavy atom. The summed E-state index contributed by atoms with van der Waals surface area (Å²) >= 11 is 0. The number of piperidine rings is 1. The molecule has 6 heteroatoms. The standard InChI is InChI=1S/C17H30N2O4/c1-16(2,3)23-15(21)19-12-9-17(22,10-13-19)8-6-14(20)7-11-18(4)5/h7,11,22H,6,8-10,12-13H2,1-5H3/b11-7+. The topological polar surface area (TPSA) is 70.1 Å². The van der Waals surface area contributed by atoms with E-state index in [0.29, 0.717) is 38.8 Å². The van der Waals surface area contributed by atoms with Gasteiger partial charge in [-0.25, -0.2) is 4.79 Å². The van der Waals surface area contributed by atoms with Crippen LogP contribution < -0.4 is 0 Å². The first-order chi connectivity index (χ1) is 10.5. The van der Waals surface area contributed by atoms with Crippen LogP contribution in [0.25, 0.3) is 0 Å². The van der Waals surface area contributed by atoms with Crippen molar-refractivity contribution in [1.29, 1.82) is 0 Å². The smallest absolute Gasteiger partial charge is 0.410 e. The zero-order valence-electron chi connectivity index (χ0n) is 15.0. The molecule has 0 unspecified atom stereocenters. The molecule has 0 aliphatic carbocycles. The number of hydrogen-bond donors (Lipinski definition) is 1. The van der Waals surface area contributed by atoms with Crippen LogP contribution >= 0.6 is 0 Å². The molecule has 0 spiro atoms. The lowest BCUT2D eigenvalue weighted by Gasteiger charge is -2.38. The molecule has 1 fully saturated rings. The second-order valence-corrected chi connectivity index (χ2v) is 7.44. The lowest BCUT2D eigenvalue weighted by Crippen LogP contribution is -2.48. The van der Waals surface area contributed by atoms with Crippen LogP contribution in [0.3, 0.4) is 0 Å². The van der Waals surface area contributed by atoms with Crippen LogP contribution in [0.2, 0.25) is 0 Å². The fraction of sp³-hybridized carbons (Fsp3) is 0.765. The van der Waals surface area contributed by atoms with Gasteiger partial charge in [0.15, 0.2) is 5.78 Å². The maximum atomic E-state index is 12.0. The van der Waals surface area contributed by atoms with Gasteiger partial charge >= 0.3 is 6.09 Å². The van der Waals surface area contributed by atoms with Gasteiger partial charge in [0, 0.05) is 39.8 Å². The number of ether oxygens (including phenoxy) is 1. The molecule has 6 nitrogen and oxygen atoms in total. The first-order valence-electron chi connectivity index (χ1n) is 8.09. The summed E-state index contributed by atoms with van der Waals surface area (Å²) < 4.78 is 5.34. The molecule has 0 aromatic rings. The zero-order valence-corrected chi connectivity index (χ0v) is 15.0. The molecule has 1 N–H and O–H groups in total. The molecule has 1 aliphatic rings. The molecular weight excluding hydrogens is 296 g/mol. The number of rotatable bonds is 5. The Hall–Kier alpha value is -1.56. The fourth-order valence-electron chi connectivity index (χ4n) is 2.35. The van der Waals surface area contributed by atoms with Crippen molar-refractivity contribution in [3.05, 3.63) is 12.3 Å². The first kappa shape index (κ1) is 19.5. The van der Waals surface area contributed by atoms with Gasteiger partial charge in [-0.3, -0.25) is 4.79 Å². The third-order valence-corrected chi connectivity index (χ3v) is 3.74. The second-order valence-electron chi connectivity index (χ2n) is 7.44. The van der Waals surface area contributed by atoms with Crippen molar-refractivity contribution in [3.8, 4) is 0 Å². The number of allylic oxidation sites excluding steroid dienone is 1. The summed E-state index contributed by atoms with van der Waals surface area (Å²) in [4.78, 5) is 27.2. The van der Waals surface area contributed by atoms with E-state index in [4.69, 9.17) is 4.74 Å². The van der Waals surface area contributed by atoms with Crippen molar-refractivity contribution in [2.24, 2.45) is 0 Å². The minimum absolute atomic E-state index is 0.00157. The number of likely N-dealkylation sites (tertiary alicyclic amines) is 1. The fourth-order valence-corrected chi connectivity index (χ4v) is 2.35. The molecule has 0 aromatic heterocycles. The van der Waals surface area contributed by atoms with Crippen molar-refractivity contribution in [2.45, 2.75) is 57.7 Å². The van der Waals surface area contributed by atoms with Crippen LogP contribution in [0.5, 0.6) is 0 Å². The zero-order chi connectivity index (χ0) is 17.7. The molecular formula is C17H30N2O4. The Balaban J connectivity index is 2.42. The van der Waals surface area contributed by atoms with Crippen LogP contribution in [0.15, 0.2) is 12.3 Å². The predicted octanol–water partition coefficient (Wildman–Crippen LogP) is 2.17. The van der Waals surface area contributed by atoms with Crippen LogP contribution in [-0.2, 0) is 9.53 Å². The third-order valence-electron chi connectivity index (χ3n) is 3.74. The maximum Gasteiger partial charge on any atom is 0.410 e. The molecule has 0 atom stereocenters. The average Bonchev–Trinajstić information content (AvgIpc) is 2.42. The number of amides is 1. The van der Waals surface area contributed by atoms with Gasteiger partial charge in [-0.1, -0.05) is 0 Å². The van der Waals surface area contributed by atoms with Crippen molar-refractivity contribution in [3.63, 3.8) is 0 Å². The van der Waals surface area contributed by atoms with Gasteiger partial charge in [0.2, 0.25) is 0 Å². The van der Waals surface area contributed by atoms with Crippen LogP contribution in [-0.4, -0.2) is 65.2 Å². The van der Waals surface area contributed by atoms with Crippen LogP contribution in [0, 0.1) is 0 Å². The van der Waals surface area contributed by atoms with E-state index in [-0.39, 0.29) is 11.9 Å².